The lowest BCUT2D eigenvalue weighted by atomic mass is 10.1. The summed E-state index contributed by atoms with van der Waals surface area (Å²) in [5.41, 5.74) is 0. The monoisotopic (exact) mass is 682 g/mol. The zero-order valence-corrected chi connectivity index (χ0v) is 30.6. The van der Waals surface area contributed by atoms with Gasteiger partial charge >= 0.3 is 19.8 Å². The first-order valence-electron chi connectivity index (χ1n) is 18.5. The highest BCUT2D eigenvalue weighted by atomic mass is 31.2. The number of carbonyl (C=O) groups excluding carboxylic acids is 2. The smallest absolute Gasteiger partial charge is 0.462 e. The van der Waals surface area contributed by atoms with E-state index in [2.05, 4.69) is 42.7 Å². The summed E-state index contributed by atoms with van der Waals surface area (Å²) in [6.45, 7) is 3.52. The van der Waals surface area contributed by atoms with Gasteiger partial charge in [-0.15, -0.1) is 0 Å². The largest absolute Gasteiger partial charge is 0.469 e. The summed E-state index contributed by atoms with van der Waals surface area (Å²) < 4.78 is 26.1. The molecule has 0 amide bonds. The molecule has 0 saturated heterocycles. The highest BCUT2D eigenvalue weighted by molar-refractivity contribution is 7.46. The van der Waals surface area contributed by atoms with Gasteiger partial charge in [0, 0.05) is 12.5 Å². The minimum absolute atomic E-state index is 0.230. The molecule has 0 rings (SSSR count). The molecule has 47 heavy (non-hydrogen) atoms. The lowest BCUT2D eigenvalue weighted by Crippen LogP contribution is -2.29. The van der Waals surface area contributed by atoms with Crippen molar-refractivity contribution in [1.82, 2.24) is 0 Å². The van der Waals surface area contributed by atoms with Crippen LogP contribution in [0.1, 0.15) is 162 Å². The van der Waals surface area contributed by atoms with E-state index in [4.69, 9.17) is 19.3 Å². The Hall–Kier alpha value is -1.99. The van der Waals surface area contributed by atoms with Crippen LogP contribution in [0.4, 0.5) is 0 Å². The van der Waals surface area contributed by atoms with Gasteiger partial charge in [-0.1, -0.05) is 153 Å². The Morgan fingerprint density at radius 2 is 1.13 bits per heavy atom. The fraction of sp³-hybridized carbons (Fsp3) is 0.737. The number of hydrogen-bond acceptors (Lipinski definition) is 6. The molecule has 0 heterocycles. The maximum absolute atomic E-state index is 12.2. The molecule has 0 bridgehead atoms. The standard InChI is InChI=1S/C38H67O8P/c1-3-5-7-9-11-13-15-17-19-21-23-25-27-29-31-33-38(40)46-36(35-45-47(41,42)43)34-44-37(39)32-30-28-26-24-22-20-18-16-14-12-10-8-6-4-2/h10,12,16,18,27,29,31,33,36H,3-9,11,13-15,17,19-26,28,30,32,34-35H2,1-2H3,(H2,41,42,43)/b12-10+,18-16+,29-27+,33-31+/t36-/m1/s1. The molecule has 0 aliphatic heterocycles. The van der Waals surface area contributed by atoms with Crippen LogP contribution < -0.4 is 0 Å². The van der Waals surface area contributed by atoms with Crippen LogP contribution in [-0.4, -0.2) is 41.0 Å². The molecule has 0 aromatic heterocycles. The summed E-state index contributed by atoms with van der Waals surface area (Å²) in [6, 6.07) is 0. The van der Waals surface area contributed by atoms with Gasteiger partial charge in [-0.05, 0) is 44.9 Å². The summed E-state index contributed by atoms with van der Waals surface area (Å²) in [5, 5.41) is 0. The van der Waals surface area contributed by atoms with E-state index in [1.54, 1.807) is 12.2 Å². The number of esters is 2. The molecule has 0 aromatic carbocycles. The molecule has 8 nitrogen and oxygen atoms in total. The van der Waals surface area contributed by atoms with Crippen molar-refractivity contribution in [1.29, 1.82) is 0 Å². The van der Waals surface area contributed by atoms with Gasteiger partial charge in [-0.25, -0.2) is 9.36 Å². The molecule has 0 unspecified atom stereocenters. The van der Waals surface area contributed by atoms with Gasteiger partial charge in [0.2, 0.25) is 0 Å². The van der Waals surface area contributed by atoms with Gasteiger partial charge in [-0.3, -0.25) is 9.32 Å². The third-order valence-electron chi connectivity index (χ3n) is 7.68. The van der Waals surface area contributed by atoms with E-state index in [9.17, 15) is 14.2 Å². The molecule has 0 radical (unpaired) electrons. The topological polar surface area (TPSA) is 119 Å². The van der Waals surface area contributed by atoms with E-state index in [-0.39, 0.29) is 13.0 Å². The number of phosphoric acid groups is 1. The molecule has 272 valence electrons. The second kappa shape index (κ2) is 33.9. The predicted molar refractivity (Wildman–Crippen MR) is 193 cm³/mol. The van der Waals surface area contributed by atoms with Crippen molar-refractivity contribution in [2.75, 3.05) is 13.2 Å². The first-order chi connectivity index (χ1) is 22.8. The van der Waals surface area contributed by atoms with Crippen molar-refractivity contribution >= 4 is 19.8 Å². The fourth-order valence-electron chi connectivity index (χ4n) is 4.88. The highest BCUT2D eigenvalue weighted by Crippen LogP contribution is 2.35. The van der Waals surface area contributed by atoms with Crippen LogP contribution in [0.15, 0.2) is 48.6 Å². The Kier molecular flexibility index (Phi) is 32.5. The third kappa shape index (κ3) is 36.7. The average molecular weight is 683 g/mol. The summed E-state index contributed by atoms with van der Waals surface area (Å²) in [7, 11) is -4.78. The molecular weight excluding hydrogens is 615 g/mol. The van der Waals surface area contributed by atoms with Gasteiger partial charge < -0.3 is 19.3 Å². The molecule has 0 aromatic rings. The normalized spacial score (nSPS) is 13.0. The van der Waals surface area contributed by atoms with Crippen molar-refractivity contribution in [3.8, 4) is 0 Å². The van der Waals surface area contributed by atoms with E-state index >= 15 is 0 Å². The second-order valence-electron chi connectivity index (χ2n) is 12.3. The number of ether oxygens (including phenoxy) is 2. The average Bonchev–Trinajstić information content (AvgIpc) is 3.03. The fourth-order valence-corrected chi connectivity index (χ4v) is 5.24. The molecule has 1 atom stereocenters. The highest BCUT2D eigenvalue weighted by Gasteiger charge is 2.22. The molecule has 0 spiro atoms. The van der Waals surface area contributed by atoms with Gasteiger partial charge in [0.1, 0.15) is 6.61 Å². The minimum atomic E-state index is -4.78. The lowest BCUT2D eigenvalue weighted by molar-refractivity contribution is -0.157. The van der Waals surface area contributed by atoms with Crippen molar-refractivity contribution < 1.29 is 37.9 Å². The zero-order chi connectivity index (χ0) is 34.7. The molecule has 0 aliphatic carbocycles. The van der Waals surface area contributed by atoms with Crippen molar-refractivity contribution in [3.05, 3.63) is 48.6 Å². The van der Waals surface area contributed by atoms with E-state index in [0.717, 1.165) is 57.8 Å². The predicted octanol–water partition coefficient (Wildman–Crippen LogP) is 10.8. The number of unbranched alkanes of at least 4 members (excludes halogenated alkanes) is 18. The molecule has 0 fully saturated rings. The maximum Gasteiger partial charge on any atom is 0.469 e. The number of rotatable bonds is 33. The molecule has 9 heteroatoms. The van der Waals surface area contributed by atoms with Crippen LogP contribution in [0.2, 0.25) is 0 Å². The SMILES string of the molecule is CCCC/C=C/C/C=C/CCCCCCCC(=O)OC[C@H](COP(=O)(O)O)OC(=O)/C=C/C=C/CCCCCCCCCCCCC. The molecule has 0 saturated carbocycles. The number of phosphoric ester groups is 1. The van der Waals surface area contributed by atoms with Crippen molar-refractivity contribution in [3.63, 3.8) is 0 Å². The van der Waals surface area contributed by atoms with E-state index in [0.29, 0.717) is 6.42 Å². The third-order valence-corrected chi connectivity index (χ3v) is 8.16. The van der Waals surface area contributed by atoms with Gasteiger partial charge in [-0.2, -0.15) is 0 Å². The van der Waals surface area contributed by atoms with Gasteiger partial charge in [0.05, 0.1) is 6.61 Å². The quantitative estimate of drug-likeness (QED) is 0.0175. The molecular formula is C38H67O8P. The van der Waals surface area contributed by atoms with E-state index < -0.39 is 32.5 Å². The number of allylic oxidation sites excluding steroid dienone is 7. The summed E-state index contributed by atoms with van der Waals surface area (Å²) >= 11 is 0. The maximum atomic E-state index is 12.2. The zero-order valence-electron chi connectivity index (χ0n) is 29.7. The van der Waals surface area contributed by atoms with Crippen molar-refractivity contribution in [2.45, 2.75) is 168 Å². The van der Waals surface area contributed by atoms with Gasteiger partial charge in [0.15, 0.2) is 6.10 Å². The number of carbonyl (C=O) groups is 2. The lowest BCUT2D eigenvalue weighted by Gasteiger charge is -2.17. The Labute approximate surface area is 286 Å². The second-order valence-corrected chi connectivity index (χ2v) is 13.5. The first-order valence-corrected chi connectivity index (χ1v) is 20.0. The first kappa shape index (κ1) is 45.0. The van der Waals surface area contributed by atoms with E-state index in [1.807, 2.05) is 6.08 Å². The summed E-state index contributed by atoms with van der Waals surface area (Å²) in [5.74, 6) is -1.16. The van der Waals surface area contributed by atoms with Crippen LogP contribution in [0.5, 0.6) is 0 Å². The van der Waals surface area contributed by atoms with Crippen LogP contribution in [0.3, 0.4) is 0 Å². The Morgan fingerprint density at radius 3 is 1.70 bits per heavy atom. The van der Waals surface area contributed by atoms with Crippen molar-refractivity contribution in [2.24, 2.45) is 0 Å². The van der Waals surface area contributed by atoms with Crippen LogP contribution in [-0.2, 0) is 28.2 Å². The summed E-state index contributed by atoms with van der Waals surface area (Å²) in [6.07, 6.45) is 40.3. The molecule has 2 N–H and O–H groups in total. The Bertz CT molecular complexity index is 905. The minimum Gasteiger partial charge on any atom is -0.462 e. The van der Waals surface area contributed by atoms with E-state index in [1.165, 1.54) is 83.1 Å². The van der Waals surface area contributed by atoms with Crippen LogP contribution in [0.25, 0.3) is 0 Å². The Morgan fingerprint density at radius 1 is 0.617 bits per heavy atom. The number of hydrogen-bond donors (Lipinski definition) is 2. The molecule has 0 aliphatic rings. The van der Waals surface area contributed by atoms with Crippen LogP contribution >= 0.6 is 7.82 Å². The van der Waals surface area contributed by atoms with Gasteiger partial charge in [0.25, 0.3) is 0 Å². The Balaban J connectivity index is 4.11. The summed E-state index contributed by atoms with van der Waals surface area (Å²) in [4.78, 5) is 42.5. The van der Waals surface area contributed by atoms with Crippen LogP contribution in [0, 0.1) is 0 Å².